The molecule has 0 rings (SSSR count). The first kappa shape index (κ1) is 15.2. The molecule has 86 valence electrons. The molecule has 0 fully saturated rings. The van der Waals surface area contributed by atoms with Gasteiger partial charge in [0.2, 0.25) is 0 Å². The maximum Gasteiger partial charge on any atom is 0.0808 e. The lowest BCUT2D eigenvalue weighted by molar-refractivity contribution is 0.734. The van der Waals surface area contributed by atoms with Crippen LogP contribution in [0.1, 0.15) is 19.8 Å². The highest BCUT2D eigenvalue weighted by Crippen LogP contribution is 2.30. The number of hydrogen-bond acceptors (Lipinski definition) is 1. The highest BCUT2D eigenvalue weighted by molar-refractivity contribution is 6.52. The third kappa shape index (κ3) is 6.36. The van der Waals surface area contributed by atoms with E-state index in [-0.39, 0.29) is 15.1 Å². The molecule has 0 aromatic rings. The van der Waals surface area contributed by atoms with E-state index in [1.807, 2.05) is 0 Å². The summed E-state index contributed by atoms with van der Waals surface area (Å²) in [6.45, 7) is 6.40. The number of allylic oxidation sites excluding steroid dienone is 4. The molecule has 0 aromatic heterocycles. The second-order valence-corrected chi connectivity index (χ2v) is 4.45. The van der Waals surface area contributed by atoms with Crippen molar-refractivity contribution in [2.24, 2.45) is 0 Å². The van der Waals surface area contributed by atoms with Crippen molar-refractivity contribution in [1.82, 2.24) is 5.32 Å². The molecular formula is C10H13Cl4N. The Morgan fingerprint density at radius 3 is 2.27 bits per heavy atom. The van der Waals surface area contributed by atoms with Gasteiger partial charge in [-0.05, 0) is 6.42 Å². The van der Waals surface area contributed by atoms with Crippen molar-refractivity contribution in [3.8, 4) is 0 Å². The molecule has 0 aliphatic rings. The molecule has 15 heavy (non-hydrogen) atoms. The Kier molecular flexibility index (Phi) is 8.45. The van der Waals surface area contributed by atoms with Crippen LogP contribution in [-0.2, 0) is 0 Å². The fourth-order valence-corrected chi connectivity index (χ4v) is 1.36. The van der Waals surface area contributed by atoms with E-state index in [0.717, 1.165) is 19.4 Å². The maximum absolute atomic E-state index is 5.87. The van der Waals surface area contributed by atoms with Crippen LogP contribution in [0.5, 0.6) is 0 Å². The maximum atomic E-state index is 5.87. The van der Waals surface area contributed by atoms with Crippen LogP contribution < -0.4 is 5.32 Å². The first-order chi connectivity index (χ1) is 7.00. The predicted octanol–water partition coefficient (Wildman–Crippen LogP) is 4.90. The number of hydrogen-bond donors (Lipinski definition) is 1. The average Bonchev–Trinajstić information content (AvgIpc) is 2.21. The molecule has 1 nitrogen and oxygen atoms in total. The van der Waals surface area contributed by atoms with Gasteiger partial charge in [-0.25, -0.2) is 0 Å². The van der Waals surface area contributed by atoms with Gasteiger partial charge in [0, 0.05) is 12.7 Å². The first-order valence-corrected chi connectivity index (χ1v) is 6.01. The van der Waals surface area contributed by atoms with Gasteiger partial charge < -0.3 is 5.32 Å². The van der Waals surface area contributed by atoms with Crippen molar-refractivity contribution in [3.05, 3.63) is 32.9 Å². The first-order valence-electron chi connectivity index (χ1n) is 4.50. The fraction of sp³-hybridized carbons (Fsp3) is 0.400. The minimum absolute atomic E-state index is 0.164. The summed E-state index contributed by atoms with van der Waals surface area (Å²) >= 11 is 23.1. The molecular weight excluding hydrogens is 276 g/mol. The summed E-state index contributed by atoms with van der Waals surface area (Å²) in [6.07, 6.45) is 3.78. The Balaban J connectivity index is 4.36. The van der Waals surface area contributed by atoms with Gasteiger partial charge in [-0.15, -0.1) is 0 Å². The minimum Gasteiger partial charge on any atom is -0.390 e. The van der Waals surface area contributed by atoms with Crippen LogP contribution >= 0.6 is 46.4 Å². The van der Waals surface area contributed by atoms with Crippen LogP contribution in [-0.4, -0.2) is 6.54 Å². The van der Waals surface area contributed by atoms with Crippen LogP contribution in [0, 0.1) is 0 Å². The van der Waals surface area contributed by atoms with Crippen LogP contribution in [0.15, 0.2) is 32.9 Å². The molecule has 0 radical (unpaired) electrons. The summed E-state index contributed by atoms with van der Waals surface area (Å²) in [5.74, 6) is 0. The second kappa shape index (κ2) is 8.35. The molecule has 1 N–H and O–H groups in total. The molecule has 0 aliphatic heterocycles. The Morgan fingerprint density at radius 1 is 1.20 bits per heavy atom. The summed E-state index contributed by atoms with van der Waals surface area (Å²) in [7, 11) is 0. The Labute approximate surface area is 111 Å². The molecule has 0 unspecified atom stereocenters. The van der Waals surface area contributed by atoms with Gasteiger partial charge in [0.05, 0.1) is 20.1 Å². The smallest absolute Gasteiger partial charge is 0.0808 e. The highest BCUT2D eigenvalue weighted by Gasteiger charge is 2.07. The summed E-state index contributed by atoms with van der Waals surface area (Å²) in [6, 6.07) is 0. The van der Waals surface area contributed by atoms with E-state index in [4.69, 9.17) is 46.4 Å². The zero-order valence-corrected chi connectivity index (χ0v) is 11.4. The zero-order chi connectivity index (χ0) is 11.8. The van der Waals surface area contributed by atoms with E-state index in [0.29, 0.717) is 5.03 Å². The number of rotatable bonds is 6. The minimum atomic E-state index is 0.164. The Bertz CT molecular complexity index is 281. The van der Waals surface area contributed by atoms with Crippen LogP contribution in [0.3, 0.4) is 0 Å². The van der Waals surface area contributed by atoms with Gasteiger partial charge in [-0.2, -0.15) is 0 Å². The van der Waals surface area contributed by atoms with E-state index in [9.17, 15) is 0 Å². The second-order valence-electron chi connectivity index (χ2n) is 2.83. The van der Waals surface area contributed by atoms with Crippen LogP contribution in [0.2, 0.25) is 0 Å². The molecule has 0 atom stereocenters. The van der Waals surface area contributed by atoms with Gasteiger partial charge >= 0.3 is 0 Å². The highest BCUT2D eigenvalue weighted by atomic mass is 35.5. The third-order valence-corrected chi connectivity index (χ3v) is 3.13. The van der Waals surface area contributed by atoms with Gasteiger partial charge in [-0.1, -0.05) is 66.3 Å². The van der Waals surface area contributed by atoms with Crippen molar-refractivity contribution >= 4 is 46.4 Å². The molecule has 0 aromatic carbocycles. The van der Waals surface area contributed by atoms with E-state index in [1.165, 1.54) is 0 Å². The summed E-state index contributed by atoms with van der Waals surface area (Å²) in [4.78, 5) is 0. The third-order valence-electron chi connectivity index (χ3n) is 1.54. The molecule has 0 amide bonds. The van der Waals surface area contributed by atoms with Crippen molar-refractivity contribution in [1.29, 1.82) is 0 Å². The molecule has 0 bridgehead atoms. The van der Waals surface area contributed by atoms with E-state index < -0.39 is 0 Å². The predicted molar refractivity (Wildman–Crippen MR) is 70.6 cm³/mol. The van der Waals surface area contributed by atoms with E-state index >= 15 is 0 Å². The number of unbranched alkanes of at least 4 members (excludes halogenated alkanes) is 1. The molecule has 0 saturated carbocycles. The topological polar surface area (TPSA) is 12.0 Å². The monoisotopic (exact) mass is 287 g/mol. The Hall–Kier alpha value is 0.180. The lowest BCUT2D eigenvalue weighted by Gasteiger charge is -2.02. The van der Waals surface area contributed by atoms with E-state index in [1.54, 1.807) is 6.20 Å². The van der Waals surface area contributed by atoms with Gasteiger partial charge in [0.25, 0.3) is 0 Å². The fourth-order valence-electron chi connectivity index (χ4n) is 0.728. The standard InChI is InChI=1S/C10H13Cl4N/c1-3-4-5-15-6-8(12)10(14)9(13)7(2)11/h6,15H,2-5H2,1H3/b8-6+,10-9-. The summed E-state index contributed by atoms with van der Waals surface area (Å²) in [5, 5.41) is 3.86. The molecule has 0 saturated heterocycles. The largest absolute Gasteiger partial charge is 0.390 e. The zero-order valence-electron chi connectivity index (χ0n) is 8.42. The molecule has 0 aliphatic carbocycles. The molecule has 5 heteroatoms. The van der Waals surface area contributed by atoms with Gasteiger partial charge in [-0.3, -0.25) is 0 Å². The van der Waals surface area contributed by atoms with Crippen molar-refractivity contribution in [2.75, 3.05) is 6.54 Å². The van der Waals surface area contributed by atoms with Gasteiger partial charge in [0.1, 0.15) is 0 Å². The normalized spacial score (nSPS) is 13.5. The Morgan fingerprint density at radius 2 is 1.80 bits per heavy atom. The quantitative estimate of drug-likeness (QED) is 0.541. The lowest BCUT2D eigenvalue weighted by atomic mass is 10.3. The van der Waals surface area contributed by atoms with Crippen LogP contribution in [0.4, 0.5) is 0 Å². The lowest BCUT2D eigenvalue weighted by Crippen LogP contribution is -2.06. The molecule has 0 spiro atoms. The summed E-state index contributed by atoms with van der Waals surface area (Å²) in [5.41, 5.74) is 0. The SMILES string of the molecule is C=C(Cl)/C(Cl)=C(Cl)\C(Cl)=C/NCCCC. The molecule has 0 heterocycles. The van der Waals surface area contributed by atoms with Crippen molar-refractivity contribution in [3.63, 3.8) is 0 Å². The van der Waals surface area contributed by atoms with Crippen molar-refractivity contribution in [2.45, 2.75) is 19.8 Å². The van der Waals surface area contributed by atoms with Crippen LogP contribution in [0.25, 0.3) is 0 Å². The number of halogens is 4. The summed E-state index contributed by atoms with van der Waals surface area (Å²) < 4.78 is 0. The van der Waals surface area contributed by atoms with Gasteiger partial charge in [0.15, 0.2) is 0 Å². The number of nitrogens with one attached hydrogen (secondary N) is 1. The average molecular weight is 289 g/mol. The van der Waals surface area contributed by atoms with Crippen molar-refractivity contribution < 1.29 is 0 Å². The van der Waals surface area contributed by atoms with E-state index in [2.05, 4.69) is 18.8 Å².